The number of methoxy groups -OCH3 is 2. The second-order valence-electron chi connectivity index (χ2n) is 8.46. The summed E-state index contributed by atoms with van der Waals surface area (Å²) in [5.74, 6) is 0.860. The predicted octanol–water partition coefficient (Wildman–Crippen LogP) is 4.72. The average Bonchev–Trinajstić information content (AvgIpc) is 3.54. The molecule has 1 aliphatic rings. The van der Waals surface area contributed by atoms with Crippen molar-refractivity contribution in [2.75, 3.05) is 31.0 Å². The molecule has 8 heteroatoms. The van der Waals surface area contributed by atoms with E-state index in [1.165, 1.54) is 0 Å². The quantitative estimate of drug-likeness (QED) is 0.430. The van der Waals surface area contributed by atoms with E-state index in [1.54, 1.807) is 49.1 Å². The second-order valence-corrected chi connectivity index (χ2v) is 8.46. The van der Waals surface area contributed by atoms with Gasteiger partial charge >= 0.3 is 0 Å². The molecule has 0 saturated heterocycles. The summed E-state index contributed by atoms with van der Waals surface area (Å²) in [7, 11) is 3.14. The maximum Gasteiger partial charge on any atom is 0.259 e. The summed E-state index contributed by atoms with van der Waals surface area (Å²) < 4.78 is 12.5. The zero-order valence-corrected chi connectivity index (χ0v) is 20.3. The average molecular weight is 483 g/mol. The lowest BCUT2D eigenvalue weighted by molar-refractivity contribution is -0.116. The van der Waals surface area contributed by atoms with E-state index in [9.17, 15) is 9.59 Å². The van der Waals surface area contributed by atoms with E-state index >= 15 is 0 Å². The van der Waals surface area contributed by atoms with Crippen molar-refractivity contribution in [3.05, 3.63) is 84.1 Å². The van der Waals surface area contributed by atoms with Crippen molar-refractivity contribution in [3.8, 4) is 28.4 Å². The Kier molecular flexibility index (Phi) is 6.16. The molecular weight excluding hydrogens is 456 g/mol. The Balaban J connectivity index is 1.52. The van der Waals surface area contributed by atoms with E-state index in [0.717, 1.165) is 28.9 Å². The molecule has 5 rings (SSSR count). The first-order valence-electron chi connectivity index (χ1n) is 11.6. The van der Waals surface area contributed by atoms with Gasteiger partial charge in [-0.05, 0) is 60.5 Å². The topological polar surface area (TPSA) is 85.7 Å². The van der Waals surface area contributed by atoms with Crippen LogP contribution in [0.15, 0.2) is 72.9 Å². The third-order valence-electron chi connectivity index (χ3n) is 6.25. The summed E-state index contributed by atoms with van der Waals surface area (Å²) in [4.78, 5) is 27.1. The summed E-state index contributed by atoms with van der Waals surface area (Å²) >= 11 is 0. The molecule has 0 radical (unpaired) electrons. The van der Waals surface area contributed by atoms with E-state index in [4.69, 9.17) is 14.6 Å². The first kappa shape index (κ1) is 23.2. The SMILES string of the molecule is COc1ccc(-c2nn(-c3ccccc3)cc2C(=O)Nc2ccc3c(c2)CCN3C(C)=O)cc1OC. The molecule has 0 atom stereocenters. The van der Waals surface area contributed by atoms with Gasteiger partial charge in [-0.3, -0.25) is 9.59 Å². The molecule has 4 aromatic rings. The van der Waals surface area contributed by atoms with Crippen molar-refractivity contribution in [1.82, 2.24) is 9.78 Å². The Morgan fingerprint density at radius 1 is 0.944 bits per heavy atom. The normalized spacial score (nSPS) is 12.2. The zero-order valence-electron chi connectivity index (χ0n) is 20.3. The molecule has 3 aromatic carbocycles. The van der Waals surface area contributed by atoms with E-state index in [0.29, 0.717) is 35.0 Å². The number of para-hydroxylation sites is 1. The van der Waals surface area contributed by atoms with E-state index in [1.807, 2.05) is 54.6 Å². The van der Waals surface area contributed by atoms with Crippen LogP contribution in [-0.2, 0) is 11.2 Å². The Labute approximate surface area is 209 Å². The minimum absolute atomic E-state index is 0.0124. The van der Waals surface area contributed by atoms with E-state index in [-0.39, 0.29) is 11.8 Å². The fraction of sp³-hybridized carbons (Fsp3) is 0.179. The standard InChI is InChI=1S/C28H26N4O4/c1-18(33)31-14-13-19-15-21(10-11-24(19)31)29-28(34)23-17-32(22-7-5-4-6-8-22)30-27(23)20-9-12-25(35-2)26(16-20)36-3/h4-12,15-17H,13-14H2,1-3H3,(H,29,34). The van der Waals surface area contributed by atoms with Crippen molar-refractivity contribution < 1.29 is 19.1 Å². The summed E-state index contributed by atoms with van der Waals surface area (Å²) in [6.45, 7) is 2.21. The molecule has 0 saturated carbocycles. The third-order valence-corrected chi connectivity index (χ3v) is 6.25. The summed E-state index contributed by atoms with van der Waals surface area (Å²) in [6, 6.07) is 20.7. The molecule has 36 heavy (non-hydrogen) atoms. The molecule has 182 valence electrons. The fourth-order valence-electron chi connectivity index (χ4n) is 4.45. The number of fused-ring (bicyclic) bond motifs is 1. The lowest BCUT2D eigenvalue weighted by Crippen LogP contribution is -2.25. The van der Waals surface area contributed by atoms with Gasteiger partial charge in [-0.1, -0.05) is 18.2 Å². The van der Waals surface area contributed by atoms with Crippen LogP contribution in [0.2, 0.25) is 0 Å². The van der Waals surface area contributed by atoms with Gasteiger partial charge in [0.25, 0.3) is 5.91 Å². The molecular formula is C28H26N4O4. The Hall–Kier alpha value is -4.59. The first-order valence-corrected chi connectivity index (χ1v) is 11.6. The zero-order chi connectivity index (χ0) is 25.2. The maximum atomic E-state index is 13.5. The number of carbonyl (C=O) groups is 2. The molecule has 1 aliphatic heterocycles. The summed E-state index contributed by atoms with van der Waals surface area (Å²) in [6.07, 6.45) is 2.48. The van der Waals surface area contributed by atoms with Gasteiger partial charge in [0.05, 0.1) is 25.5 Å². The number of hydrogen-bond donors (Lipinski definition) is 1. The van der Waals surface area contributed by atoms with Crippen LogP contribution in [-0.4, -0.2) is 42.4 Å². The third kappa shape index (κ3) is 4.29. The summed E-state index contributed by atoms with van der Waals surface area (Å²) in [5.41, 5.74) is 5.07. The van der Waals surface area contributed by atoms with Crippen molar-refractivity contribution in [1.29, 1.82) is 0 Å². The number of nitrogens with one attached hydrogen (secondary N) is 1. The van der Waals surface area contributed by atoms with Gasteiger partial charge in [-0.2, -0.15) is 5.10 Å². The van der Waals surface area contributed by atoms with E-state index in [2.05, 4.69) is 5.32 Å². The molecule has 0 bridgehead atoms. The van der Waals surface area contributed by atoms with Crippen LogP contribution >= 0.6 is 0 Å². The van der Waals surface area contributed by atoms with Gasteiger partial charge < -0.3 is 19.7 Å². The second kappa shape index (κ2) is 9.58. The molecule has 2 heterocycles. The highest BCUT2D eigenvalue weighted by atomic mass is 16.5. The van der Waals surface area contributed by atoms with Gasteiger partial charge in [0.15, 0.2) is 11.5 Å². The molecule has 2 amide bonds. The molecule has 1 aromatic heterocycles. The lowest BCUT2D eigenvalue weighted by atomic mass is 10.1. The highest BCUT2D eigenvalue weighted by Gasteiger charge is 2.24. The molecule has 0 fully saturated rings. The van der Waals surface area contributed by atoms with Crippen molar-refractivity contribution in [3.63, 3.8) is 0 Å². The number of anilines is 2. The van der Waals surface area contributed by atoms with Crippen LogP contribution < -0.4 is 19.7 Å². The highest BCUT2D eigenvalue weighted by molar-refractivity contribution is 6.08. The minimum atomic E-state index is -0.289. The largest absolute Gasteiger partial charge is 0.493 e. The number of benzene rings is 3. The van der Waals surface area contributed by atoms with Crippen molar-refractivity contribution >= 4 is 23.2 Å². The maximum absolute atomic E-state index is 13.5. The van der Waals surface area contributed by atoms with Gasteiger partial charge in [-0.15, -0.1) is 0 Å². The van der Waals surface area contributed by atoms with E-state index < -0.39 is 0 Å². The van der Waals surface area contributed by atoms with Crippen LogP contribution in [0, 0.1) is 0 Å². The fourth-order valence-corrected chi connectivity index (χ4v) is 4.45. The first-order chi connectivity index (χ1) is 17.5. The number of nitrogens with zero attached hydrogens (tertiary/aromatic N) is 3. The Morgan fingerprint density at radius 3 is 2.44 bits per heavy atom. The number of hydrogen-bond acceptors (Lipinski definition) is 5. The van der Waals surface area contributed by atoms with Crippen LogP contribution in [0.4, 0.5) is 11.4 Å². The molecule has 8 nitrogen and oxygen atoms in total. The number of ether oxygens (including phenoxy) is 2. The number of rotatable bonds is 6. The smallest absolute Gasteiger partial charge is 0.259 e. The van der Waals surface area contributed by atoms with Crippen LogP contribution in [0.1, 0.15) is 22.8 Å². The predicted molar refractivity (Wildman–Crippen MR) is 138 cm³/mol. The Bertz CT molecular complexity index is 1450. The summed E-state index contributed by atoms with van der Waals surface area (Å²) in [5, 5.41) is 7.75. The van der Waals surface area contributed by atoms with Gasteiger partial charge in [0.2, 0.25) is 5.91 Å². The highest BCUT2D eigenvalue weighted by Crippen LogP contribution is 2.34. The van der Waals surface area contributed by atoms with Crippen molar-refractivity contribution in [2.45, 2.75) is 13.3 Å². The van der Waals surface area contributed by atoms with Crippen LogP contribution in [0.5, 0.6) is 11.5 Å². The van der Waals surface area contributed by atoms with Crippen LogP contribution in [0.25, 0.3) is 16.9 Å². The van der Waals surface area contributed by atoms with Gasteiger partial charge in [-0.25, -0.2) is 4.68 Å². The van der Waals surface area contributed by atoms with Gasteiger partial charge in [0.1, 0.15) is 5.69 Å². The lowest BCUT2D eigenvalue weighted by Gasteiger charge is -2.15. The Morgan fingerprint density at radius 2 is 1.72 bits per heavy atom. The molecule has 0 aliphatic carbocycles. The number of aromatic nitrogens is 2. The van der Waals surface area contributed by atoms with Crippen molar-refractivity contribution in [2.24, 2.45) is 0 Å². The van der Waals surface area contributed by atoms with Crippen LogP contribution in [0.3, 0.4) is 0 Å². The number of carbonyl (C=O) groups excluding carboxylic acids is 2. The molecule has 0 spiro atoms. The number of amides is 2. The minimum Gasteiger partial charge on any atom is -0.493 e. The molecule has 0 unspecified atom stereocenters. The molecule has 1 N–H and O–H groups in total. The monoisotopic (exact) mass is 482 g/mol. The van der Waals surface area contributed by atoms with Gasteiger partial charge in [0, 0.05) is 36.6 Å².